The van der Waals surface area contributed by atoms with E-state index in [2.05, 4.69) is 30.2 Å². The van der Waals surface area contributed by atoms with Crippen molar-refractivity contribution in [1.82, 2.24) is 19.9 Å². The molecule has 3 rings (SSSR count). The van der Waals surface area contributed by atoms with E-state index >= 15 is 0 Å². The molecule has 4 N–H and O–H groups in total. The molecule has 0 aliphatic rings. The number of fused-ring (bicyclic) bond motifs is 1. The number of anilines is 1. The van der Waals surface area contributed by atoms with E-state index in [-0.39, 0.29) is 0 Å². The Bertz CT molecular complexity index is 1010. The van der Waals surface area contributed by atoms with Crippen LogP contribution in [0.5, 0.6) is 5.88 Å². The zero-order chi connectivity index (χ0) is 19.9. The molecule has 0 aliphatic heterocycles. The Morgan fingerprint density at radius 2 is 2.18 bits per heavy atom. The van der Waals surface area contributed by atoms with E-state index in [4.69, 9.17) is 10.5 Å². The zero-order valence-corrected chi connectivity index (χ0v) is 15.7. The fourth-order valence-corrected chi connectivity index (χ4v) is 2.71. The third-order valence-corrected chi connectivity index (χ3v) is 3.97. The van der Waals surface area contributed by atoms with Gasteiger partial charge in [-0.15, -0.1) is 0 Å². The smallest absolute Gasteiger partial charge is 0.226 e. The van der Waals surface area contributed by atoms with Gasteiger partial charge in [0.2, 0.25) is 11.8 Å². The lowest BCUT2D eigenvalue weighted by molar-refractivity contribution is 0.330. The minimum Gasteiger partial charge on any atom is -0.477 e. The second-order valence-electron chi connectivity index (χ2n) is 5.85. The van der Waals surface area contributed by atoms with Gasteiger partial charge in [0.25, 0.3) is 0 Å². The maximum Gasteiger partial charge on any atom is 0.226 e. The maximum absolute atomic E-state index is 14.6. The zero-order valence-electron chi connectivity index (χ0n) is 15.7. The van der Waals surface area contributed by atoms with Gasteiger partial charge in [0.15, 0.2) is 0 Å². The summed E-state index contributed by atoms with van der Waals surface area (Å²) >= 11 is 0. The number of nitrogens with one attached hydrogen (secondary N) is 2. The average molecular weight is 383 g/mol. The van der Waals surface area contributed by atoms with Crippen molar-refractivity contribution in [2.75, 3.05) is 18.5 Å². The summed E-state index contributed by atoms with van der Waals surface area (Å²) in [5.41, 5.74) is 8.01. The molecule has 0 amide bonds. The molecule has 8 nitrogen and oxygen atoms in total. The first-order valence-corrected chi connectivity index (χ1v) is 8.94. The summed E-state index contributed by atoms with van der Waals surface area (Å²) < 4.78 is 20.2. The van der Waals surface area contributed by atoms with Gasteiger partial charge in [0, 0.05) is 37.1 Å². The predicted molar refractivity (Wildman–Crippen MR) is 107 cm³/mol. The van der Waals surface area contributed by atoms with E-state index in [1.807, 2.05) is 13.8 Å². The van der Waals surface area contributed by atoms with Crippen molar-refractivity contribution in [2.45, 2.75) is 20.3 Å². The van der Waals surface area contributed by atoms with Crippen LogP contribution in [-0.4, -0.2) is 39.3 Å². The van der Waals surface area contributed by atoms with Gasteiger partial charge in [-0.3, -0.25) is 4.99 Å². The third kappa shape index (κ3) is 4.25. The minimum atomic E-state index is -0.571. The molecule has 0 aliphatic carbocycles. The molecule has 9 heteroatoms. The Kier molecular flexibility index (Phi) is 6.15. The molecule has 3 heterocycles. The summed E-state index contributed by atoms with van der Waals surface area (Å²) in [6.07, 6.45) is 6.47. The molecule has 3 aromatic rings. The van der Waals surface area contributed by atoms with E-state index in [9.17, 15) is 4.39 Å². The van der Waals surface area contributed by atoms with Gasteiger partial charge >= 0.3 is 0 Å². The van der Waals surface area contributed by atoms with Crippen LogP contribution < -0.4 is 15.8 Å². The molecular formula is C19H22FN7O. The summed E-state index contributed by atoms with van der Waals surface area (Å²) in [4.78, 5) is 19.5. The van der Waals surface area contributed by atoms with E-state index in [0.717, 1.165) is 10.9 Å². The van der Waals surface area contributed by atoms with Crippen LogP contribution in [0.2, 0.25) is 0 Å². The predicted octanol–water partition coefficient (Wildman–Crippen LogP) is 2.78. The number of allylic oxidation sites excluding steroid dienone is 1. The monoisotopic (exact) mass is 383 g/mol. The highest BCUT2D eigenvalue weighted by Crippen LogP contribution is 2.27. The lowest BCUT2D eigenvalue weighted by Crippen LogP contribution is -2.07. The van der Waals surface area contributed by atoms with Gasteiger partial charge in [0.05, 0.1) is 17.7 Å². The number of hydrogen-bond donors (Lipinski definition) is 3. The normalized spacial score (nSPS) is 12.0. The fraction of sp³-hybridized carbons (Fsp3) is 0.263. The Morgan fingerprint density at radius 1 is 1.32 bits per heavy atom. The third-order valence-electron chi connectivity index (χ3n) is 3.97. The Balaban J connectivity index is 1.84. The maximum atomic E-state index is 14.6. The summed E-state index contributed by atoms with van der Waals surface area (Å²) in [6.45, 7) is 4.89. The van der Waals surface area contributed by atoms with E-state index < -0.39 is 5.95 Å². The fourth-order valence-electron chi connectivity index (χ4n) is 2.71. The Morgan fingerprint density at radius 3 is 2.89 bits per heavy atom. The Hall–Kier alpha value is -3.49. The van der Waals surface area contributed by atoms with Gasteiger partial charge in [0.1, 0.15) is 17.8 Å². The first-order chi connectivity index (χ1) is 13.7. The molecule has 0 unspecified atom stereocenters. The van der Waals surface area contributed by atoms with Crippen LogP contribution in [0.4, 0.5) is 10.2 Å². The van der Waals surface area contributed by atoms with Crippen LogP contribution in [0.15, 0.2) is 41.5 Å². The Labute approximate surface area is 161 Å². The molecule has 0 saturated carbocycles. The summed E-state index contributed by atoms with van der Waals surface area (Å²) in [5.74, 6) is 0.249. The molecule has 28 heavy (non-hydrogen) atoms. The lowest BCUT2D eigenvalue weighted by Gasteiger charge is -2.09. The highest BCUT2D eigenvalue weighted by molar-refractivity contribution is 5.85. The summed E-state index contributed by atoms with van der Waals surface area (Å²) in [7, 11) is 0. The van der Waals surface area contributed by atoms with Crippen LogP contribution in [0.1, 0.15) is 25.0 Å². The standard InChI is InChI=1S/C19H22FN7O/c1-3-22-10-14(8-21)26-15-6-5-12(17(20)27-15)7-13-9-23-18-16(13)19(28-4-2)25-11-24-18/h5-6,8-11H,3-4,7,21H2,1-2H3,(H,26,27)(H,23,24,25). The number of aromatic nitrogens is 4. The largest absolute Gasteiger partial charge is 0.477 e. The van der Waals surface area contributed by atoms with Gasteiger partial charge in [-0.05, 0) is 25.5 Å². The second-order valence-corrected chi connectivity index (χ2v) is 5.85. The molecule has 0 saturated heterocycles. The van der Waals surface area contributed by atoms with Crippen LogP contribution in [0.25, 0.3) is 11.0 Å². The average Bonchev–Trinajstić information content (AvgIpc) is 3.11. The number of hydrogen-bond acceptors (Lipinski definition) is 7. The van der Waals surface area contributed by atoms with Crippen molar-refractivity contribution >= 4 is 23.1 Å². The van der Waals surface area contributed by atoms with Gasteiger partial charge in [-0.2, -0.15) is 4.39 Å². The SMILES string of the molecule is CCN=CC(=CN)Nc1ccc(Cc2c[nH]c3ncnc(OCC)c23)c(F)n1. The van der Waals surface area contributed by atoms with Gasteiger partial charge in [-0.25, -0.2) is 15.0 Å². The van der Waals surface area contributed by atoms with Gasteiger partial charge < -0.3 is 20.8 Å². The van der Waals surface area contributed by atoms with E-state index in [0.29, 0.717) is 48.2 Å². The molecule has 3 aromatic heterocycles. The number of H-pyrrole nitrogens is 1. The van der Waals surface area contributed by atoms with Crippen molar-refractivity contribution in [3.63, 3.8) is 0 Å². The van der Waals surface area contributed by atoms with E-state index in [1.54, 1.807) is 24.5 Å². The highest BCUT2D eigenvalue weighted by atomic mass is 19.1. The van der Waals surface area contributed by atoms with Gasteiger partial charge in [-0.1, -0.05) is 6.07 Å². The summed E-state index contributed by atoms with van der Waals surface area (Å²) in [6, 6.07) is 3.37. The molecule has 0 spiro atoms. The number of aliphatic imine (C=N–C) groups is 1. The lowest BCUT2D eigenvalue weighted by atomic mass is 10.1. The van der Waals surface area contributed by atoms with Crippen LogP contribution in [-0.2, 0) is 6.42 Å². The van der Waals surface area contributed by atoms with Crippen molar-refractivity contribution in [3.05, 3.63) is 53.6 Å². The van der Waals surface area contributed by atoms with Crippen LogP contribution in [0.3, 0.4) is 0 Å². The van der Waals surface area contributed by atoms with Crippen molar-refractivity contribution in [1.29, 1.82) is 0 Å². The first kappa shape index (κ1) is 19.3. The topological polar surface area (TPSA) is 114 Å². The number of ether oxygens (including phenoxy) is 1. The molecule has 0 fully saturated rings. The number of rotatable bonds is 8. The number of pyridine rings is 1. The van der Waals surface area contributed by atoms with Crippen molar-refractivity contribution in [2.24, 2.45) is 10.7 Å². The molecular weight excluding hydrogens is 361 g/mol. The van der Waals surface area contributed by atoms with Crippen LogP contribution >= 0.6 is 0 Å². The second kappa shape index (κ2) is 8.94. The highest BCUT2D eigenvalue weighted by Gasteiger charge is 2.15. The van der Waals surface area contributed by atoms with Crippen molar-refractivity contribution in [3.8, 4) is 5.88 Å². The molecule has 0 bridgehead atoms. The molecule has 0 atom stereocenters. The van der Waals surface area contributed by atoms with Crippen LogP contribution in [0, 0.1) is 5.95 Å². The van der Waals surface area contributed by atoms with E-state index in [1.165, 1.54) is 12.5 Å². The quantitative estimate of drug-likeness (QED) is 0.407. The first-order valence-electron chi connectivity index (χ1n) is 8.94. The summed E-state index contributed by atoms with van der Waals surface area (Å²) in [5, 5.41) is 3.68. The number of aromatic amines is 1. The molecule has 0 aromatic carbocycles. The number of nitrogens with zero attached hydrogens (tertiary/aromatic N) is 4. The van der Waals surface area contributed by atoms with Crippen molar-refractivity contribution < 1.29 is 9.13 Å². The number of nitrogens with two attached hydrogens (primary N) is 1. The molecule has 0 radical (unpaired) electrons. The minimum absolute atomic E-state index is 0.323. The molecule has 146 valence electrons. The number of halogens is 1.